The molecular weight excluding hydrogens is 337 g/mol. The zero-order valence-electron chi connectivity index (χ0n) is 13.9. The molecule has 0 spiro atoms. The quantitative estimate of drug-likeness (QED) is 0.499. The summed E-state index contributed by atoms with van der Waals surface area (Å²) in [7, 11) is 0. The lowest BCUT2D eigenvalue weighted by molar-refractivity contribution is -0.137. The van der Waals surface area contributed by atoms with Gasteiger partial charge in [-0.05, 0) is 23.8 Å². The van der Waals surface area contributed by atoms with Crippen molar-refractivity contribution in [2.45, 2.75) is 12.7 Å². The first-order valence-corrected chi connectivity index (χ1v) is 8.05. The molecule has 2 nitrogen and oxygen atoms in total. The van der Waals surface area contributed by atoms with E-state index in [1.54, 1.807) is 0 Å². The Bertz CT molecular complexity index is 860. The molecule has 5 heteroatoms. The Morgan fingerprint density at radius 3 is 1.85 bits per heavy atom. The molecule has 0 unspecified atom stereocenters. The number of hydrogen-bond acceptors (Lipinski definition) is 2. The Hall–Kier alpha value is -3.08. The second-order valence-electron chi connectivity index (χ2n) is 5.86. The average Bonchev–Trinajstić information content (AvgIpc) is 2.62. The Kier molecular flexibility index (Phi) is 5.07. The maximum absolute atomic E-state index is 13.0. The van der Waals surface area contributed by atoms with Crippen LogP contribution in [0, 0.1) is 0 Å². The van der Waals surface area contributed by atoms with Crippen LogP contribution in [0.4, 0.5) is 18.9 Å². The van der Waals surface area contributed by atoms with Crippen LogP contribution in [0.15, 0.2) is 83.9 Å². The first-order valence-electron chi connectivity index (χ1n) is 8.05. The van der Waals surface area contributed by atoms with E-state index < -0.39 is 11.7 Å². The summed E-state index contributed by atoms with van der Waals surface area (Å²) in [5, 5.41) is 0. The number of nitrogen functional groups attached to an aromatic ring is 1. The van der Waals surface area contributed by atoms with Gasteiger partial charge in [-0.15, -0.1) is 0 Å². The van der Waals surface area contributed by atoms with Gasteiger partial charge in [-0.25, -0.2) is 0 Å². The first-order chi connectivity index (χ1) is 12.4. The van der Waals surface area contributed by atoms with Crippen molar-refractivity contribution in [1.29, 1.82) is 0 Å². The van der Waals surface area contributed by atoms with E-state index in [2.05, 4.69) is 4.99 Å². The highest BCUT2D eigenvalue weighted by Gasteiger charge is 2.30. The van der Waals surface area contributed by atoms with Gasteiger partial charge in [0.15, 0.2) is 0 Å². The molecule has 0 bridgehead atoms. The van der Waals surface area contributed by atoms with Gasteiger partial charge in [0.1, 0.15) is 0 Å². The molecule has 0 amide bonds. The minimum absolute atomic E-state index is 0.0750. The molecule has 3 aromatic rings. The Balaban J connectivity index is 1.99. The standard InChI is InChI=1S/C21H17F3N2/c22-21(23,24)18-11-15(12-19(25)13-18)14-26-20(16-7-3-1-4-8-16)17-9-5-2-6-10-17/h1-13H,14,25H2. The van der Waals surface area contributed by atoms with Crippen molar-refractivity contribution in [1.82, 2.24) is 0 Å². The Morgan fingerprint density at radius 1 is 0.808 bits per heavy atom. The smallest absolute Gasteiger partial charge is 0.399 e. The van der Waals surface area contributed by atoms with Crippen LogP contribution >= 0.6 is 0 Å². The van der Waals surface area contributed by atoms with Crippen LogP contribution in [0.3, 0.4) is 0 Å². The highest BCUT2D eigenvalue weighted by atomic mass is 19.4. The highest BCUT2D eigenvalue weighted by molar-refractivity contribution is 6.12. The van der Waals surface area contributed by atoms with Crippen LogP contribution in [0.1, 0.15) is 22.3 Å². The van der Waals surface area contributed by atoms with Gasteiger partial charge in [0.25, 0.3) is 0 Å². The summed E-state index contributed by atoms with van der Waals surface area (Å²) >= 11 is 0. The highest BCUT2D eigenvalue weighted by Crippen LogP contribution is 2.31. The molecule has 0 radical (unpaired) electrons. The number of rotatable bonds is 4. The lowest BCUT2D eigenvalue weighted by Crippen LogP contribution is -2.07. The van der Waals surface area contributed by atoms with Gasteiger partial charge >= 0.3 is 6.18 Å². The number of hydrogen-bond donors (Lipinski definition) is 1. The van der Waals surface area contributed by atoms with Crippen LogP contribution < -0.4 is 5.73 Å². The average molecular weight is 354 g/mol. The summed E-state index contributed by atoms with van der Waals surface area (Å²) in [5.41, 5.74) is 7.90. The zero-order valence-corrected chi connectivity index (χ0v) is 13.9. The van der Waals surface area contributed by atoms with Crippen molar-refractivity contribution in [3.05, 3.63) is 101 Å². The predicted molar refractivity (Wildman–Crippen MR) is 98.1 cm³/mol. The third-order valence-corrected chi connectivity index (χ3v) is 3.86. The fourth-order valence-electron chi connectivity index (χ4n) is 2.68. The molecule has 0 saturated carbocycles. The first kappa shape index (κ1) is 17.7. The number of halogens is 3. The van der Waals surface area contributed by atoms with E-state index in [0.29, 0.717) is 5.56 Å². The van der Waals surface area contributed by atoms with E-state index in [1.807, 2.05) is 60.7 Å². The normalized spacial score (nSPS) is 11.2. The molecule has 0 fully saturated rings. The van der Waals surface area contributed by atoms with Gasteiger partial charge in [-0.3, -0.25) is 4.99 Å². The molecule has 26 heavy (non-hydrogen) atoms. The third-order valence-electron chi connectivity index (χ3n) is 3.86. The molecule has 0 atom stereocenters. The molecule has 0 heterocycles. The van der Waals surface area contributed by atoms with Crippen LogP contribution in [0.2, 0.25) is 0 Å². The molecular formula is C21H17F3N2. The SMILES string of the molecule is Nc1cc(CN=C(c2ccccc2)c2ccccc2)cc(C(F)(F)F)c1. The second kappa shape index (κ2) is 7.44. The maximum Gasteiger partial charge on any atom is 0.416 e. The number of alkyl halides is 3. The van der Waals surface area contributed by atoms with E-state index >= 15 is 0 Å². The van der Waals surface area contributed by atoms with E-state index in [9.17, 15) is 13.2 Å². The molecule has 0 aromatic heterocycles. The fourth-order valence-corrected chi connectivity index (χ4v) is 2.68. The molecule has 3 rings (SSSR count). The minimum Gasteiger partial charge on any atom is -0.399 e. The summed E-state index contributed by atoms with van der Waals surface area (Å²) in [6.45, 7) is 0.104. The summed E-state index contributed by atoms with van der Waals surface area (Å²) < 4.78 is 39.0. The topological polar surface area (TPSA) is 38.4 Å². The van der Waals surface area contributed by atoms with Crippen molar-refractivity contribution >= 4 is 11.4 Å². The van der Waals surface area contributed by atoms with E-state index in [4.69, 9.17) is 5.73 Å². The van der Waals surface area contributed by atoms with Gasteiger partial charge < -0.3 is 5.73 Å². The number of aliphatic imine (C=N–C) groups is 1. The van der Waals surface area contributed by atoms with Gasteiger partial charge in [-0.1, -0.05) is 60.7 Å². The van der Waals surface area contributed by atoms with Crippen LogP contribution in [-0.4, -0.2) is 5.71 Å². The van der Waals surface area contributed by atoms with Crippen LogP contribution in [-0.2, 0) is 12.7 Å². The summed E-state index contributed by atoms with van der Waals surface area (Å²) in [6.07, 6.45) is -4.43. The number of nitrogens with zero attached hydrogens (tertiary/aromatic N) is 1. The zero-order chi connectivity index (χ0) is 18.6. The largest absolute Gasteiger partial charge is 0.416 e. The molecule has 0 aliphatic rings. The van der Waals surface area contributed by atoms with Crippen molar-refractivity contribution in [2.75, 3.05) is 5.73 Å². The third kappa shape index (κ3) is 4.30. The van der Waals surface area contributed by atoms with Crippen molar-refractivity contribution in [2.24, 2.45) is 4.99 Å². The minimum atomic E-state index is -4.43. The Labute approximate surface area is 149 Å². The molecule has 2 N–H and O–H groups in total. The molecule has 3 aromatic carbocycles. The molecule has 132 valence electrons. The second-order valence-corrected chi connectivity index (χ2v) is 5.86. The Morgan fingerprint density at radius 2 is 1.35 bits per heavy atom. The van der Waals surface area contributed by atoms with Crippen LogP contribution in [0.5, 0.6) is 0 Å². The fraction of sp³-hybridized carbons (Fsp3) is 0.0952. The predicted octanol–water partition coefficient (Wildman–Crippen LogP) is 5.33. The summed E-state index contributed by atoms with van der Waals surface area (Å²) in [6, 6.07) is 22.6. The molecule has 0 aliphatic heterocycles. The maximum atomic E-state index is 13.0. The molecule has 0 saturated heterocycles. The number of anilines is 1. The van der Waals surface area contributed by atoms with Gasteiger partial charge in [0.2, 0.25) is 0 Å². The van der Waals surface area contributed by atoms with Crippen molar-refractivity contribution < 1.29 is 13.2 Å². The van der Waals surface area contributed by atoms with E-state index in [-0.39, 0.29) is 12.2 Å². The monoisotopic (exact) mass is 354 g/mol. The number of nitrogens with two attached hydrogens (primary N) is 1. The summed E-state index contributed by atoms with van der Waals surface area (Å²) in [5.74, 6) is 0. The molecule has 0 aliphatic carbocycles. The summed E-state index contributed by atoms with van der Waals surface area (Å²) in [4.78, 5) is 4.59. The van der Waals surface area contributed by atoms with Gasteiger partial charge in [-0.2, -0.15) is 13.2 Å². The lowest BCUT2D eigenvalue weighted by Gasteiger charge is -2.11. The van der Waals surface area contributed by atoms with Gasteiger partial charge in [0.05, 0.1) is 17.8 Å². The van der Waals surface area contributed by atoms with E-state index in [1.165, 1.54) is 6.07 Å². The van der Waals surface area contributed by atoms with E-state index in [0.717, 1.165) is 29.0 Å². The lowest BCUT2D eigenvalue weighted by atomic mass is 10.0. The van der Waals surface area contributed by atoms with Gasteiger partial charge in [0, 0.05) is 16.8 Å². The van der Waals surface area contributed by atoms with Crippen molar-refractivity contribution in [3.63, 3.8) is 0 Å². The number of benzene rings is 3. The van der Waals surface area contributed by atoms with Crippen LogP contribution in [0.25, 0.3) is 0 Å². The van der Waals surface area contributed by atoms with Crippen molar-refractivity contribution in [3.8, 4) is 0 Å².